The van der Waals surface area contributed by atoms with Crippen LogP contribution in [0.2, 0.25) is 0 Å². The van der Waals surface area contributed by atoms with Gasteiger partial charge in [0, 0.05) is 0 Å². The Hall–Kier alpha value is -1.33. The molecule has 2 rings (SSSR count). The highest BCUT2D eigenvalue weighted by molar-refractivity contribution is 5.36. The van der Waals surface area contributed by atoms with Crippen molar-refractivity contribution in [3.8, 4) is 6.07 Å². The van der Waals surface area contributed by atoms with Crippen molar-refractivity contribution in [3.05, 3.63) is 35.4 Å². The molecule has 2 heteroatoms. The molecule has 0 N–H and O–H groups in total. The fraction of sp³-hybridized carbons (Fsp3) is 0.462. The van der Waals surface area contributed by atoms with E-state index in [0.29, 0.717) is 12.7 Å². The lowest BCUT2D eigenvalue weighted by Gasteiger charge is -2.11. The summed E-state index contributed by atoms with van der Waals surface area (Å²) in [5, 5.41) is 8.90. The Bertz CT molecular complexity index is 361. The molecular weight excluding hydrogens is 186 g/mol. The Kier molecular flexibility index (Phi) is 3.37. The second kappa shape index (κ2) is 4.95. The zero-order valence-electron chi connectivity index (χ0n) is 8.78. The van der Waals surface area contributed by atoms with E-state index in [0.717, 1.165) is 11.1 Å². The van der Waals surface area contributed by atoms with Crippen LogP contribution in [0.5, 0.6) is 0 Å². The van der Waals surface area contributed by atoms with Gasteiger partial charge in [0.25, 0.3) is 0 Å². The van der Waals surface area contributed by atoms with Crippen molar-refractivity contribution in [1.29, 1.82) is 5.26 Å². The molecule has 0 heterocycles. The van der Waals surface area contributed by atoms with Crippen molar-refractivity contribution in [1.82, 2.24) is 0 Å². The summed E-state index contributed by atoms with van der Waals surface area (Å²) in [5.74, 6) is 0. The second-order valence-corrected chi connectivity index (χ2v) is 3.99. The molecule has 0 aliphatic heterocycles. The lowest BCUT2D eigenvalue weighted by atomic mass is 10.1. The molecule has 1 aliphatic carbocycles. The van der Waals surface area contributed by atoms with E-state index in [4.69, 9.17) is 10.00 Å². The Morgan fingerprint density at radius 3 is 2.73 bits per heavy atom. The van der Waals surface area contributed by atoms with Crippen LogP contribution >= 0.6 is 0 Å². The topological polar surface area (TPSA) is 33.0 Å². The summed E-state index contributed by atoms with van der Waals surface area (Å²) in [6.07, 6.45) is 5.33. The molecule has 0 bridgehead atoms. The molecule has 0 saturated heterocycles. The van der Waals surface area contributed by atoms with Gasteiger partial charge in [0.05, 0.1) is 24.3 Å². The smallest absolute Gasteiger partial charge is 0.0995 e. The van der Waals surface area contributed by atoms with E-state index in [1.54, 1.807) is 0 Å². The molecule has 0 atom stereocenters. The summed E-state index contributed by atoms with van der Waals surface area (Å²) in [4.78, 5) is 0. The van der Waals surface area contributed by atoms with E-state index in [1.165, 1.54) is 25.7 Å². The summed E-state index contributed by atoms with van der Waals surface area (Å²) < 4.78 is 5.78. The number of benzene rings is 1. The molecule has 2 nitrogen and oxygen atoms in total. The Morgan fingerprint density at radius 1 is 1.27 bits per heavy atom. The first-order chi connectivity index (χ1) is 7.40. The predicted molar refractivity (Wildman–Crippen MR) is 58.2 cm³/mol. The molecule has 15 heavy (non-hydrogen) atoms. The van der Waals surface area contributed by atoms with Gasteiger partial charge < -0.3 is 4.74 Å². The van der Waals surface area contributed by atoms with Gasteiger partial charge in [-0.3, -0.25) is 0 Å². The monoisotopic (exact) mass is 201 g/mol. The molecule has 0 amide bonds. The summed E-state index contributed by atoms with van der Waals surface area (Å²) in [6, 6.07) is 9.84. The average molecular weight is 201 g/mol. The highest BCUT2D eigenvalue weighted by Crippen LogP contribution is 2.22. The lowest BCUT2D eigenvalue weighted by molar-refractivity contribution is 0.0456. The van der Waals surface area contributed by atoms with Crippen LogP contribution < -0.4 is 0 Å². The quantitative estimate of drug-likeness (QED) is 0.753. The van der Waals surface area contributed by atoms with Gasteiger partial charge in [0.2, 0.25) is 0 Å². The molecule has 0 spiro atoms. The number of ether oxygens (including phenoxy) is 1. The molecule has 1 aromatic carbocycles. The third kappa shape index (κ3) is 2.57. The summed E-state index contributed by atoms with van der Waals surface area (Å²) in [5.41, 5.74) is 1.74. The molecule has 0 unspecified atom stereocenters. The SMILES string of the molecule is N#Cc1ccccc1COC1CCCC1. The minimum absolute atomic E-state index is 0.414. The van der Waals surface area contributed by atoms with E-state index in [9.17, 15) is 0 Å². The summed E-state index contributed by atoms with van der Waals surface area (Å²) >= 11 is 0. The van der Waals surface area contributed by atoms with E-state index in [-0.39, 0.29) is 0 Å². The number of hydrogen-bond donors (Lipinski definition) is 0. The van der Waals surface area contributed by atoms with Gasteiger partial charge in [-0.2, -0.15) is 5.26 Å². The van der Waals surface area contributed by atoms with Gasteiger partial charge in [0.1, 0.15) is 0 Å². The molecule has 1 saturated carbocycles. The molecule has 1 aromatic rings. The number of nitriles is 1. The molecule has 1 aliphatic rings. The molecule has 1 fully saturated rings. The first-order valence-electron chi connectivity index (χ1n) is 5.50. The van der Waals surface area contributed by atoms with Gasteiger partial charge >= 0.3 is 0 Å². The molecule has 0 radical (unpaired) electrons. The molecular formula is C13H15NO. The van der Waals surface area contributed by atoms with Crippen molar-refractivity contribution in [2.45, 2.75) is 38.4 Å². The fourth-order valence-electron chi connectivity index (χ4n) is 2.02. The van der Waals surface area contributed by atoms with Crippen molar-refractivity contribution >= 4 is 0 Å². The summed E-state index contributed by atoms with van der Waals surface area (Å²) in [7, 11) is 0. The predicted octanol–water partition coefficient (Wildman–Crippen LogP) is 3.02. The Balaban J connectivity index is 1.95. The standard InChI is InChI=1S/C13H15NO/c14-9-11-5-1-2-6-12(11)10-15-13-7-3-4-8-13/h1-2,5-6,13H,3-4,7-8,10H2. The maximum Gasteiger partial charge on any atom is 0.0995 e. The van der Waals surface area contributed by atoms with Crippen LogP contribution in [0, 0.1) is 11.3 Å². The maximum absolute atomic E-state index is 8.90. The second-order valence-electron chi connectivity index (χ2n) is 3.99. The van der Waals surface area contributed by atoms with Gasteiger partial charge in [-0.1, -0.05) is 31.0 Å². The van der Waals surface area contributed by atoms with Crippen molar-refractivity contribution < 1.29 is 4.74 Å². The molecule has 78 valence electrons. The van der Waals surface area contributed by atoms with Crippen LogP contribution in [0.4, 0.5) is 0 Å². The Morgan fingerprint density at radius 2 is 2.00 bits per heavy atom. The van der Waals surface area contributed by atoms with Gasteiger partial charge in [-0.05, 0) is 24.5 Å². The lowest BCUT2D eigenvalue weighted by Crippen LogP contribution is -2.07. The highest BCUT2D eigenvalue weighted by atomic mass is 16.5. The minimum Gasteiger partial charge on any atom is -0.373 e. The van der Waals surface area contributed by atoms with Gasteiger partial charge in [0.15, 0.2) is 0 Å². The van der Waals surface area contributed by atoms with Crippen molar-refractivity contribution in [2.24, 2.45) is 0 Å². The van der Waals surface area contributed by atoms with Crippen LogP contribution in [0.15, 0.2) is 24.3 Å². The third-order valence-corrected chi connectivity index (χ3v) is 2.91. The van der Waals surface area contributed by atoms with E-state index >= 15 is 0 Å². The fourth-order valence-corrected chi connectivity index (χ4v) is 2.02. The zero-order valence-corrected chi connectivity index (χ0v) is 8.78. The Labute approximate surface area is 90.5 Å². The van der Waals surface area contributed by atoms with E-state index in [2.05, 4.69) is 6.07 Å². The average Bonchev–Trinajstić information content (AvgIpc) is 2.79. The largest absolute Gasteiger partial charge is 0.373 e. The van der Waals surface area contributed by atoms with Crippen LogP contribution in [-0.4, -0.2) is 6.10 Å². The zero-order chi connectivity index (χ0) is 10.5. The number of hydrogen-bond acceptors (Lipinski definition) is 2. The summed E-state index contributed by atoms with van der Waals surface area (Å²) in [6.45, 7) is 0.578. The number of rotatable bonds is 3. The van der Waals surface area contributed by atoms with E-state index < -0.39 is 0 Å². The molecule has 0 aromatic heterocycles. The maximum atomic E-state index is 8.90. The van der Waals surface area contributed by atoms with Crippen LogP contribution in [0.3, 0.4) is 0 Å². The number of nitrogens with zero attached hydrogens (tertiary/aromatic N) is 1. The van der Waals surface area contributed by atoms with Crippen LogP contribution in [0.1, 0.15) is 36.8 Å². The minimum atomic E-state index is 0.414. The van der Waals surface area contributed by atoms with Gasteiger partial charge in [-0.25, -0.2) is 0 Å². The first kappa shape index (κ1) is 10.2. The third-order valence-electron chi connectivity index (χ3n) is 2.91. The van der Waals surface area contributed by atoms with Crippen LogP contribution in [0.25, 0.3) is 0 Å². The van der Waals surface area contributed by atoms with Crippen molar-refractivity contribution in [2.75, 3.05) is 0 Å². The van der Waals surface area contributed by atoms with E-state index in [1.807, 2.05) is 24.3 Å². The van der Waals surface area contributed by atoms with Gasteiger partial charge in [-0.15, -0.1) is 0 Å². The normalized spacial score (nSPS) is 16.5. The highest BCUT2D eigenvalue weighted by Gasteiger charge is 2.15. The van der Waals surface area contributed by atoms with Crippen LogP contribution in [-0.2, 0) is 11.3 Å². The van der Waals surface area contributed by atoms with Crippen molar-refractivity contribution in [3.63, 3.8) is 0 Å². The first-order valence-corrected chi connectivity index (χ1v) is 5.50.